The average Bonchev–Trinajstić information content (AvgIpc) is 2.29. The molecule has 0 unspecified atom stereocenters. The molecule has 0 saturated carbocycles. The summed E-state index contributed by atoms with van der Waals surface area (Å²) in [4.78, 5) is 3.92. The first-order valence-electron chi connectivity index (χ1n) is 4.51. The van der Waals surface area contributed by atoms with E-state index in [1.54, 1.807) is 0 Å². The first-order valence-corrected chi connectivity index (χ1v) is 6.00. The van der Waals surface area contributed by atoms with Gasteiger partial charge in [0.2, 0.25) is 10.0 Å². The van der Waals surface area contributed by atoms with Crippen LogP contribution in [-0.4, -0.2) is 33.7 Å². The molecule has 16 heavy (non-hydrogen) atoms. The van der Waals surface area contributed by atoms with E-state index in [0.717, 1.165) is 0 Å². The third kappa shape index (κ3) is 3.42. The molecule has 0 bridgehead atoms. The molecule has 0 spiro atoms. The van der Waals surface area contributed by atoms with Gasteiger partial charge in [0.25, 0.3) is 0 Å². The van der Waals surface area contributed by atoms with E-state index in [0.29, 0.717) is 6.61 Å². The van der Waals surface area contributed by atoms with Gasteiger partial charge in [0.15, 0.2) is 0 Å². The van der Waals surface area contributed by atoms with Gasteiger partial charge in [0.1, 0.15) is 5.82 Å². The second-order valence-corrected chi connectivity index (χ2v) is 4.68. The molecule has 0 amide bonds. The van der Waals surface area contributed by atoms with Gasteiger partial charge in [-0.25, -0.2) is 24.0 Å². The van der Waals surface area contributed by atoms with Crippen LogP contribution in [0.15, 0.2) is 23.2 Å². The molecule has 8 heteroatoms. The van der Waals surface area contributed by atoms with Gasteiger partial charge in [-0.05, 0) is 6.07 Å². The highest BCUT2D eigenvalue weighted by Crippen LogP contribution is 2.11. The van der Waals surface area contributed by atoms with Crippen LogP contribution in [0.25, 0.3) is 0 Å². The Morgan fingerprint density at radius 3 is 2.94 bits per heavy atom. The van der Waals surface area contributed by atoms with Crippen LogP contribution in [0.1, 0.15) is 0 Å². The van der Waals surface area contributed by atoms with Crippen LogP contribution in [0.2, 0.25) is 0 Å². The van der Waals surface area contributed by atoms with Crippen LogP contribution in [0.5, 0.6) is 0 Å². The second-order valence-electron chi connectivity index (χ2n) is 2.91. The topological polar surface area (TPSA) is 106 Å². The molecular weight excluding hydrogens is 232 g/mol. The van der Waals surface area contributed by atoms with Gasteiger partial charge in [0.05, 0.1) is 11.5 Å². The molecule has 0 atom stereocenters. The van der Waals surface area contributed by atoms with Crippen molar-refractivity contribution in [2.45, 2.75) is 4.90 Å². The van der Waals surface area contributed by atoms with Crippen molar-refractivity contribution in [2.24, 2.45) is 5.84 Å². The number of hydrazine groups is 1. The Morgan fingerprint density at radius 1 is 1.56 bits per heavy atom. The number of aromatic nitrogens is 1. The number of anilines is 1. The Kier molecular flexibility index (Phi) is 4.62. The van der Waals surface area contributed by atoms with Crippen LogP contribution >= 0.6 is 0 Å². The number of hydrogen-bond acceptors (Lipinski definition) is 6. The fraction of sp³-hybridized carbons (Fsp3) is 0.375. The zero-order valence-corrected chi connectivity index (χ0v) is 9.62. The normalized spacial score (nSPS) is 11.4. The van der Waals surface area contributed by atoms with E-state index in [4.69, 9.17) is 10.6 Å². The predicted molar refractivity (Wildman–Crippen MR) is 59.1 cm³/mol. The van der Waals surface area contributed by atoms with E-state index in [9.17, 15) is 8.42 Å². The summed E-state index contributed by atoms with van der Waals surface area (Å²) in [5, 5.41) is 0. The zero-order chi connectivity index (χ0) is 12.0. The Morgan fingerprint density at radius 2 is 2.31 bits per heavy atom. The van der Waals surface area contributed by atoms with Gasteiger partial charge in [-0.1, -0.05) is 0 Å². The third-order valence-corrected chi connectivity index (χ3v) is 3.25. The summed E-state index contributed by atoms with van der Waals surface area (Å²) in [5.41, 5.74) is 2.28. The minimum atomic E-state index is -3.53. The number of nitrogens with one attached hydrogen (secondary N) is 2. The molecule has 1 rings (SSSR count). The molecule has 1 aromatic rings. The fourth-order valence-corrected chi connectivity index (χ4v) is 2.04. The smallest absolute Gasteiger partial charge is 0.240 e. The Bertz CT molecular complexity index is 435. The number of sulfonamides is 1. The van der Waals surface area contributed by atoms with E-state index >= 15 is 0 Å². The summed E-state index contributed by atoms with van der Waals surface area (Å²) in [6, 6.07) is 2.73. The number of hydrogen-bond donors (Lipinski definition) is 3. The second kappa shape index (κ2) is 5.75. The highest BCUT2D eigenvalue weighted by atomic mass is 32.2. The van der Waals surface area contributed by atoms with Crippen molar-refractivity contribution in [3.63, 3.8) is 0 Å². The molecule has 4 N–H and O–H groups in total. The van der Waals surface area contributed by atoms with Crippen LogP contribution in [0, 0.1) is 0 Å². The maximum Gasteiger partial charge on any atom is 0.240 e. The van der Waals surface area contributed by atoms with Gasteiger partial charge in [-0.15, -0.1) is 0 Å². The number of pyridine rings is 1. The van der Waals surface area contributed by atoms with Crippen LogP contribution in [0.4, 0.5) is 5.82 Å². The van der Waals surface area contributed by atoms with Crippen molar-refractivity contribution < 1.29 is 13.2 Å². The lowest BCUT2D eigenvalue weighted by molar-refractivity contribution is 0.204. The van der Waals surface area contributed by atoms with Crippen LogP contribution in [-0.2, 0) is 14.8 Å². The van der Waals surface area contributed by atoms with Crippen molar-refractivity contribution in [1.82, 2.24) is 9.71 Å². The largest absolute Gasteiger partial charge is 0.383 e. The lowest BCUT2D eigenvalue weighted by atomic mass is 10.5. The number of nitrogens with two attached hydrogens (primary N) is 1. The van der Waals surface area contributed by atoms with E-state index in [2.05, 4.69) is 15.1 Å². The van der Waals surface area contributed by atoms with Gasteiger partial charge in [-0.2, -0.15) is 0 Å². The van der Waals surface area contributed by atoms with Crippen molar-refractivity contribution >= 4 is 15.8 Å². The highest BCUT2D eigenvalue weighted by molar-refractivity contribution is 7.89. The van der Waals surface area contributed by atoms with Crippen LogP contribution in [0.3, 0.4) is 0 Å². The minimum Gasteiger partial charge on any atom is -0.383 e. The third-order valence-electron chi connectivity index (χ3n) is 1.79. The standard InChI is InChI=1S/C8H14N4O3S/c1-15-5-4-11-16(13,14)7-2-3-10-8(6-7)12-9/h2-3,6,11H,4-5,9H2,1H3,(H,10,12). The first kappa shape index (κ1) is 12.8. The molecule has 1 heterocycles. The molecule has 0 saturated heterocycles. The Labute approximate surface area is 94.0 Å². The number of nitrogens with zero attached hydrogens (tertiary/aromatic N) is 1. The molecule has 90 valence electrons. The fourth-order valence-electron chi connectivity index (χ4n) is 1.02. The molecular formula is C8H14N4O3S. The summed E-state index contributed by atoms with van der Waals surface area (Å²) in [6.45, 7) is 0.527. The monoisotopic (exact) mass is 246 g/mol. The maximum atomic E-state index is 11.7. The van der Waals surface area contributed by atoms with Gasteiger partial charge in [0, 0.05) is 25.9 Å². The number of ether oxygens (including phenoxy) is 1. The average molecular weight is 246 g/mol. The lowest BCUT2D eigenvalue weighted by Crippen LogP contribution is -2.27. The summed E-state index contributed by atoms with van der Waals surface area (Å²) >= 11 is 0. The van der Waals surface area contributed by atoms with E-state index in [1.165, 1.54) is 25.4 Å². The first-order chi connectivity index (χ1) is 7.60. The maximum absolute atomic E-state index is 11.7. The quantitative estimate of drug-likeness (QED) is 0.348. The summed E-state index contributed by atoms with van der Waals surface area (Å²) < 4.78 is 30.5. The number of rotatable bonds is 6. The van der Waals surface area contributed by atoms with Crippen molar-refractivity contribution in [1.29, 1.82) is 0 Å². The molecule has 0 aromatic carbocycles. The van der Waals surface area contributed by atoms with Crippen molar-refractivity contribution in [3.05, 3.63) is 18.3 Å². The Hall–Kier alpha value is -1.22. The van der Waals surface area contributed by atoms with Crippen molar-refractivity contribution in [3.8, 4) is 0 Å². The van der Waals surface area contributed by atoms with Crippen molar-refractivity contribution in [2.75, 3.05) is 25.7 Å². The van der Waals surface area contributed by atoms with Gasteiger partial charge in [-0.3, -0.25) is 0 Å². The number of methoxy groups -OCH3 is 1. The Balaban J connectivity index is 2.81. The molecule has 0 aliphatic carbocycles. The van der Waals surface area contributed by atoms with E-state index in [1.807, 2.05) is 0 Å². The zero-order valence-electron chi connectivity index (χ0n) is 8.80. The summed E-state index contributed by atoms with van der Waals surface area (Å²) in [7, 11) is -2.03. The van der Waals surface area contributed by atoms with Gasteiger partial charge >= 0.3 is 0 Å². The number of nitrogen functional groups attached to an aromatic ring is 1. The molecule has 0 fully saturated rings. The molecule has 0 aliphatic rings. The summed E-state index contributed by atoms with van der Waals surface area (Å²) in [5.74, 6) is 5.42. The molecule has 0 aliphatic heterocycles. The highest BCUT2D eigenvalue weighted by Gasteiger charge is 2.13. The molecule has 7 nitrogen and oxygen atoms in total. The minimum absolute atomic E-state index is 0.103. The SMILES string of the molecule is COCCNS(=O)(=O)c1ccnc(NN)c1. The summed E-state index contributed by atoms with van der Waals surface area (Å²) in [6.07, 6.45) is 1.36. The molecule has 0 radical (unpaired) electrons. The van der Waals surface area contributed by atoms with E-state index < -0.39 is 10.0 Å². The van der Waals surface area contributed by atoms with Crippen LogP contribution < -0.4 is 16.0 Å². The van der Waals surface area contributed by atoms with Gasteiger partial charge < -0.3 is 10.2 Å². The lowest BCUT2D eigenvalue weighted by Gasteiger charge is -2.07. The van der Waals surface area contributed by atoms with E-state index in [-0.39, 0.29) is 17.3 Å². The molecule has 1 aromatic heterocycles. The predicted octanol–water partition coefficient (Wildman–Crippen LogP) is -0.708.